The molecule has 0 fully saturated rings. The summed E-state index contributed by atoms with van der Waals surface area (Å²) in [5, 5.41) is 14.6. The molecule has 1 heterocycles. The van der Waals surface area contributed by atoms with E-state index in [1.54, 1.807) is 23.1 Å². The molecule has 108 valence electrons. The molecule has 1 aromatic heterocycles. The fourth-order valence-electron chi connectivity index (χ4n) is 2.23. The van der Waals surface area contributed by atoms with Gasteiger partial charge in [0.15, 0.2) is 0 Å². The maximum atomic E-state index is 9.42. The quantitative estimate of drug-likeness (QED) is 0.724. The van der Waals surface area contributed by atoms with Gasteiger partial charge in [-0.2, -0.15) is 10.4 Å². The Kier molecular flexibility index (Phi) is 4.10. The molecule has 2 aromatic carbocycles. The van der Waals surface area contributed by atoms with Crippen molar-refractivity contribution < 1.29 is 0 Å². The first-order valence-electron chi connectivity index (χ1n) is 6.48. The van der Waals surface area contributed by atoms with E-state index in [0.29, 0.717) is 22.2 Å². The van der Waals surface area contributed by atoms with Crippen LogP contribution >= 0.6 is 23.2 Å². The molecule has 0 saturated carbocycles. The van der Waals surface area contributed by atoms with Crippen molar-refractivity contribution in [3.63, 3.8) is 0 Å². The minimum atomic E-state index is 0.521. The van der Waals surface area contributed by atoms with Crippen LogP contribution in [0.5, 0.6) is 0 Å². The second-order valence-corrected chi connectivity index (χ2v) is 5.55. The Hall–Kier alpha value is -2.35. The normalized spacial score (nSPS) is 10.4. The standard InChI is InChI=1S/C16H10Cl2N4/c17-13-2-4-15(16(18)6-13)14-3-1-11(5-12(14)7-19)8-22-10-20-9-21-22/h1-6,9-10H,8H2. The van der Waals surface area contributed by atoms with Crippen LogP contribution in [0.15, 0.2) is 49.1 Å². The predicted octanol–water partition coefficient (Wildman–Crippen LogP) is 4.17. The van der Waals surface area contributed by atoms with E-state index in [-0.39, 0.29) is 0 Å². The topological polar surface area (TPSA) is 54.5 Å². The lowest BCUT2D eigenvalue weighted by molar-refractivity contribution is 0.685. The molecule has 0 N–H and O–H groups in total. The average Bonchev–Trinajstić information content (AvgIpc) is 3.00. The highest BCUT2D eigenvalue weighted by molar-refractivity contribution is 6.36. The first kappa shape index (κ1) is 14.6. The lowest BCUT2D eigenvalue weighted by Gasteiger charge is -2.09. The molecule has 0 saturated heterocycles. The molecule has 0 radical (unpaired) electrons. The average molecular weight is 329 g/mol. The van der Waals surface area contributed by atoms with Crippen molar-refractivity contribution in [2.75, 3.05) is 0 Å². The number of nitrogens with zero attached hydrogens (tertiary/aromatic N) is 4. The monoisotopic (exact) mass is 328 g/mol. The summed E-state index contributed by atoms with van der Waals surface area (Å²) in [6, 6.07) is 13.1. The first-order chi connectivity index (χ1) is 10.7. The van der Waals surface area contributed by atoms with Crippen molar-refractivity contribution in [3.8, 4) is 17.2 Å². The Morgan fingerprint density at radius 3 is 2.59 bits per heavy atom. The lowest BCUT2D eigenvalue weighted by Crippen LogP contribution is -2.00. The van der Waals surface area contributed by atoms with Crippen LogP contribution in [0.4, 0.5) is 0 Å². The van der Waals surface area contributed by atoms with E-state index in [0.717, 1.165) is 16.7 Å². The number of aromatic nitrogens is 3. The zero-order chi connectivity index (χ0) is 15.5. The van der Waals surface area contributed by atoms with Gasteiger partial charge < -0.3 is 0 Å². The van der Waals surface area contributed by atoms with Gasteiger partial charge in [-0.3, -0.25) is 0 Å². The second-order valence-electron chi connectivity index (χ2n) is 4.71. The summed E-state index contributed by atoms with van der Waals surface area (Å²) in [7, 11) is 0. The molecular formula is C16H10Cl2N4. The van der Waals surface area contributed by atoms with Crippen molar-refractivity contribution in [3.05, 3.63) is 70.2 Å². The van der Waals surface area contributed by atoms with Crippen LogP contribution in [0.3, 0.4) is 0 Å². The molecule has 0 amide bonds. The zero-order valence-electron chi connectivity index (χ0n) is 11.4. The molecule has 6 heteroatoms. The number of rotatable bonds is 3. The van der Waals surface area contributed by atoms with E-state index in [1.165, 1.54) is 6.33 Å². The highest BCUT2D eigenvalue weighted by atomic mass is 35.5. The van der Waals surface area contributed by atoms with Crippen LogP contribution in [-0.2, 0) is 6.54 Å². The van der Waals surface area contributed by atoms with Gasteiger partial charge in [-0.25, -0.2) is 9.67 Å². The number of nitriles is 1. The zero-order valence-corrected chi connectivity index (χ0v) is 12.9. The van der Waals surface area contributed by atoms with Crippen molar-refractivity contribution in [2.45, 2.75) is 6.54 Å². The van der Waals surface area contributed by atoms with Gasteiger partial charge in [0.05, 0.1) is 18.2 Å². The third-order valence-electron chi connectivity index (χ3n) is 3.24. The van der Waals surface area contributed by atoms with Crippen molar-refractivity contribution in [1.29, 1.82) is 5.26 Å². The summed E-state index contributed by atoms with van der Waals surface area (Å²) in [5.74, 6) is 0. The Bertz CT molecular complexity index is 851. The molecule has 0 aliphatic carbocycles. The Morgan fingerprint density at radius 2 is 1.91 bits per heavy atom. The van der Waals surface area contributed by atoms with Crippen molar-refractivity contribution in [2.24, 2.45) is 0 Å². The van der Waals surface area contributed by atoms with Gasteiger partial charge in [-0.05, 0) is 23.8 Å². The number of hydrogen-bond donors (Lipinski definition) is 0. The smallest absolute Gasteiger partial charge is 0.137 e. The van der Waals surface area contributed by atoms with E-state index < -0.39 is 0 Å². The number of benzene rings is 2. The molecule has 0 aliphatic rings. The van der Waals surface area contributed by atoms with Crippen LogP contribution in [0.2, 0.25) is 10.0 Å². The summed E-state index contributed by atoms with van der Waals surface area (Å²) in [6.07, 6.45) is 3.11. The molecule has 3 aromatic rings. The summed E-state index contributed by atoms with van der Waals surface area (Å²) in [6.45, 7) is 0.559. The molecule has 0 aliphatic heterocycles. The molecular weight excluding hydrogens is 319 g/mol. The SMILES string of the molecule is N#Cc1cc(Cn2cncn2)ccc1-c1ccc(Cl)cc1Cl. The van der Waals surface area contributed by atoms with Crippen LogP contribution in [-0.4, -0.2) is 14.8 Å². The van der Waals surface area contributed by atoms with E-state index in [9.17, 15) is 5.26 Å². The molecule has 0 bridgehead atoms. The Labute approximate surface area is 137 Å². The van der Waals surface area contributed by atoms with Gasteiger partial charge in [-0.1, -0.05) is 41.4 Å². The van der Waals surface area contributed by atoms with Crippen molar-refractivity contribution in [1.82, 2.24) is 14.8 Å². The van der Waals surface area contributed by atoms with E-state index in [1.807, 2.05) is 24.3 Å². The maximum absolute atomic E-state index is 9.42. The van der Waals surface area contributed by atoms with Crippen LogP contribution < -0.4 is 0 Å². The van der Waals surface area contributed by atoms with Gasteiger partial charge in [0, 0.05) is 21.2 Å². The molecule has 3 rings (SSSR count). The first-order valence-corrected chi connectivity index (χ1v) is 7.24. The molecule has 22 heavy (non-hydrogen) atoms. The third kappa shape index (κ3) is 2.96. The van der Waals surface area contributed by atoms with Crippen LogP contribution in [0.25, 0.3) is 11.1 Å². The summed E-state index contributed by atoms with van der Waals surface area (Å²) < 4.78 is 1.70. The minimum Gasteiger partial charge on any atom is -0.249 e. The van der Waals surface area contributed by atoms with E-state index >= 15 is 0 Å². The fourth-order valence-corrected chi connectivity index (χ4v) is 2.74. The van der Waals surface area contributed by atoms with Gasteiger partial charge >= 0.3 is 0 Å². The fraction of sp³-hybridized carbons (Fsp3) is 0.0625. The van der Waals surface area contributed by atoms with Crippen LogP contribution in [0, 0.1) is 11.3 Å². The highest BCUT2D eigenvalue weighted by Crippen LogP contribution is 2.32. The lowest BCUT2D eigenvalue weighted by atomic mass is 9.98. The van der Waals surface area contributed by atoms with Crippen LogP contribution in [0.1, 0.15) is 11.1 Å². The van der Waals surface area contributed by atoms with Gasteiger partial charge in [0.2, 0.25) is 0 Å². The van der Waals surface area contributed by atoms with Gasteiger partial charge in [-0.15, -0.1) is 0 Å². The van der Waals surface area contributed by atoms with Crippen molar-refractivity contribution >= 4 is 23.2 Å². The Morgan fingerprint density at radius 1 is 1.09 bits per heavy atom. The Balaban J connectivity index is 2.01. The van der Waals surface area contributed by atoms with E-state index in [2.05, 4.69) is 16.2 Å². The molecule has 0 spiro atoms. The summed E-state index contributed by atoms with van der Waals surface area (Å²) in [4.78, 5) is 3.90. The minimum absolute atomic E-state index is 0.521. The van der Waals surface area contributed by atoms with E-state index in [4.69, 9.17) is 23.2 Å². The third-order valence-corrected chi connectivity index (χ3v) is 3.78. The van der Waals surface area contributed by atoms with Gasteiger partial charge in [0.25, 0.3) is 0 Å². The predicted molar refractivity (Wildman–Crippen MR) is 85.7 cm³/mol. The largest absolute Gasteiger partial charge is 0.249 e. The molecule has 0 unspecified atom stereocenters. The number of hydrogen-bond acceptors (Lipinski definition) is 3. The maximum Gasteiger partial charge on any atom is 0.137 e. The second kappa shape index (κ2) is 6.18. The number of halogens is 2. The molecule has 0 atom stereocenters. The highest BCUT2D eigenvalue weighted by Gasteiger charge is 2.10. The molecule has 4 nitrogen and oxygen atoms in total. The summed E-state index contributed by atoms with van der Waals surface area (Å²) in [5.41, 5.74) is 3.10. The van der Waals surface area contributed by atoms with Gasteiger partial charge in [0.1, 0.15) is 12.7 Å². The summed E-state index contributed by atoms with van der Waals surface area (Å²) >= 11 is 12.1.